The number of anilines is 1. The molecular formula is C13H12N2O5. The van der Waals surface area contributed by atoms with E-state index in [4.69, 9.17) is 15.6 Å². The first-order chi connectivity index (χ1) is 9.49. The van der Waals surface area contributed by atoms with Crippen LogP contribution in [0, 0.1) is 0 Å². The summed E-state index contributed by atoms with van der Waals surface area (Å²) in [5.74, 6) is -2.14. The highest BCUT2D eigenvalue weighted by Crippen LogP contribution is 2.33. The summed E-state index contributed by atoms with van der Waals surface area (Å²) in [6, 6.07) is 6.64. The summed E-state index contributed by atoms with van der Waals surface area (Å²) in [4.78, 5) is 35.0. The van der Waals surface area contributed by atoms with Crippen LogP contribution in [0.1, 0.15) is 0 Å². The molecule has 0 saturated carbocycles. The van der Waals surface area contributed by atoms with Crippen molar-refractivity contribution >= 4 is 23.5 Å². The molecule has 0 fully saturated rings. The number of carboxylic acid groups (broad SMARTS) is 1. The molecule has 104 valence electrons. The number of carbonyl (C=O) groups excluding carboxylic acids is 2. The number of carboxylic acids is 1. The van der Waals surface area contributed by atoms with Crippen LogP contribution in [0.25, 0.3) is 0 Å². The molecule has 0 bridgehead atoms. The number of ether oxygens (including phenoxy) is 1. The maximum absolute atomic E-state index is 12.0. The predicted molar refractivity (Wildman–Crippen MR) is 69.2 cm³/mol. The third-order valence-electron chi connectivity index (χ3n) is 2.73. The lowest BCUT2D eigenvalue weighted by molar-refractivity contribution is -0.131. The molecule has 1 aromatic carbocycles. The average Bonchev–Trinajstić information content (AvgIpc) is 2.43. The molecule has 3 N–H and O–H groups in total. The minimum absolute atomic E-state index is 0.0604. The molecule has 0 spiro atoms. The molecule has 2 rings (SSSR count). The second-order valence-corrected chi connectivity index (χ2v) is 4.10. The molecule has 1 aromatic rings. The zero-order valence-corrected chi connectivity index (χ0v) is 10.4. The molecule has 1 heterocycles. The van der Waals surface area contributed by atoms with E-state index in [9.17, 15) is 14.4 Å². The Kier molecular flexibility index (Phi) is 3.69. The van der Waals surface area contributed by atoms with Gasteiger partial charge >= 0.3 is 5.97 Å². The highest BCUT2D eigenvalue weighted by atomic mass is 16.5. The van der Waals surface area contributed by atoms with Gasteiger partial charge in [0.05, 0.1) is 12.2 Å². The fraction of sp³-hybridized carbons (Fsp3) is 0.154. The van der Waals surface area contributed by atoms with Crippen LogP contribution >= 0.6 is 0 Å². The van der Waals surface area contributed by atoms with E-state index >= 15 is 0 Å². The largest absolute Gasteiger partial charge is 0.478 e. The second kappa shape index (κ2) is 5.43. The Labute approximate surface area is 114 Å². The molecular weight excluding hydrogens is 264 g/mol. The molecule has 2 amide bonds. The number of hydrogen-bond donors (Lipinski definition) is 2. The van der Waals surface area contributed by atoms with Crippen LogP contribution in [0.3, 0.4) is 0 Å². The summed E-state index contributed by atoms with van der Waals surface area (Å²) in [6.45, 7) is -0.0604. The van der Waals surface area contributed by atoms with Crippen molar-refractivity contribution < 1.29 is 24.2 Å². The summed E-state index contributed by atoms with van der Waals surface area (Å²) in [7, 11) is 0. The third kappa shape index (κ3) is 2.77. The van der Waals surface area contributed by atoms with Gasteiger partial charge in [0.2, 0.25) is 0 Å². The summed E-state index contributed by atoms with van der Waals surface area (Å²) < 4.78 is 5.39. The van der Waals surface area contributed by atoms with Crippen LogP contribution in [0.5, 0.6) is 5.75 Å². The molecule has 1 unspecified atom stereocenters. The number of amides is 2. The van der Waals surface area contributed by atoms with Gasteiger partial charge in [0.25, 0.3) is 11.8 Å². The zero-order valence-electron chi connectivity index (χ0n) is 10.4. The summed E-state index contributed by atoms with van der Waals surface area (Å²) in [5.41, 5.74) is 5.66. The van der Waals surface area contributed by atoms with Gasteiger partial charge in [0.15, 0.2) is 6.10 Å². The number of nitrogens with zero attached hydrogens (tertiary/aromatic N) is 1. The highest BCUT2D eigenvalue weighted by molar-refractivity contribution is 6.05. The maximum atomic E-state index is 12.0. The third-order valence-corrected chi connectivity index (χ3v) is 2.73. The number of benzene rings is 1. The van der Waals surface area contributed by atoms with E-state index in [0.717, 1.165) is 12.2 Å². The molecule has 0 saturated heterocycles. The molecule has 1 atom stereocenters. The fourth-order valence-electron chi connectivity index (χ4n) is 1.82. The SMILES string of the molecule is NC(=O)C1CN(C(=O)/C=C/C(=O)O)c2ccccc2O1. The first-order valence-corrected chi connectivity index (χ1v) is 5.76. The van der Waals surface area contributed by atoms with E-state index in [0.29, 0.717) is 11.4 Å². The van der Waals surface area contributed by atoms with Crippen molar-refractivity contribution in [3.05, 3.63) is 36.4 Å². The lowest BCUT2D eigenvalue weighted by Crippen LogP contribution is -2.49. The zero-order chi connectivity index (χ0) is 14.7. The van der Waals surface area contributed by atoms with Crippen molar-refractivity contribution in [2.75, 3.05) is 11.4 Å². The Morgan fingerprint density at radius 2 is 2.00 bits per heavy atom. The van der Waals surface area contributed by atoms with Gasteiger partial charge in [-0.1, -0.05) is 12.1 Å². The summed E-state index contributed by atoms with van der Waals surface area (Å²) in [5, 5.41) is 8.54. The Morgan fingerprint density at radius 1 is 1.30 bits per heavy atom. The lowest BCUT2D eigenvalue weighted by Gasteiger charge is -2.32. The van der Waals surface area contributed by atoms with Gasteiger partial charge < -0.3 is 20.5 Å². The van der Waals surface area contributed by atoms with Crippen LogP contribution < -0.4 is 15.4 Å². The van der Waals surface area contributed by atoms with Crippen LogP contribution in [-0.2, 0) is 14.4 Å². The highest BCUT2D eigenvalue weighted by Gasteiger charge is 2.31. The number of aliphatic carboxylic acids is 1. The van der Waals surface area contributed by atoms with Gasteiger partial charge in [-0.05, 0) is 12.1 Å². The van der Waals surface area contributed by atoms with Crippen molar-refractivity contribution in [3.8, 4) is 5.75 Å². The fourth-order valence-corrected chi connectivity index (χ4v) is 1.82. The molecule has 20 heavy (non-hydrogen) atoms. The summed E-state index contributed by atoms with van der Waals surface area (Å²) >= 11 is 0. The lowest BCUT2D eigenvalue weighted by atomic mass is 10.1. The Hall–Kier alpha value is -2.83. The molecule has 0 radical (unpaired) electrons. The number of primary amides is 1. The molecule has 1 aliphatic heterocycles. The van der Waals surface area contributed by atoms with E-state index in [2.05, 4.69) is 0 Å². The van der Waals surface area contributed by atoms with Crippen molar-refractivity contribution in [1.82, 2.24) is 0 Å². The van der Waals surface area contributed by atoms with E-state index in [-0.39, 0.29) is 6.54 Å². The van der Waals surface area contributed by atoms with Crippen LogP contribution in [0.4, 0.5) is 5.69 Å². The molecule has 7 nitrogen and oxygen atoms in total. The molecule has 1 aliphatic rings. The van der Waals surface area contributed by atoms with Crippen molar-refractivity contribution in [2.45, 2.75) is 6.10 Å². The van der Waals surface area contributed by atoms with Gasteiger partial charge in [-0.2, -0.15) is 0 Å². The van der Waals surface area contributed by atoms with Gasteiger partial charge in [0.1, 0.15) is 5.75 Å². The van der Waals surface area contributed by atoms with Crippen molar-refractivity contribution in [3.63, 3.8) is 0 Å². The Morgan fingerprint density at radius 3 is 2.65 bits per heavy atom. The van der Waals surface area contributed by atoms with E-state index in [1.807, 2.05) is 0 Å². The standard InChI is InChI=1S/C13H12N2O5/c14-13(19)10-7-15(11(16)5-6-12(17)18)8-3-1-2-4-9(8)20-10/h1-6,10H,7H2,(H2,14,19)(H,17,18)/b6-5+. The number of para-hydroxylation sites is 2. The maximum Gasteiger partial charge on any atom is 0.328 e. The number of carbonyl (C=O) groups is 3. The monoisotopic (exact) mass is 276 g/mol. The smallest absolute Gasteiger partial charge is 0.328 e. The first-order valence-electron chi connectivity index (χ1n) is 5.76. The topological polar surface area (TPSA) is 110 Å². The number of fused-ring (bicyclic) bond motifs is 1. The van der Waals surface area contributed by atoms with E-state index in [1.54, 1.807) is 24.3 Å². The van der Waals surface area contributed by atoms with E-state index in [1.165, 1.54) is 4.90 Å². The Balaban J connectivity index is 2.33. The number of rotatable bonds is 3. The number of hydrogen-bond acceptors (Lipinski definition) is 4. The van der Waals surface area contributed by atoms with Crippen LogP contribution in [-0.4, -0.2) is 35.5 Å². The predicted octanol–water partition coefficient (Wildman–Crippen LogP) is -0.0933. The molecule has 7 heteroatoms. The van der Waals surface area contributed by atoms with Crippen LogP contribution in [0.2, 0.25) is 0 Å². The minimum Gasteiger partial charge on any atom is -0.478 e. The Bertz CT molecular complexity index is 596. The van der Waals surface area contributed by atoms with Crippen molar-refractivity contribution in [1.29, 1.82) is 0 Å². The second-order valence-electron chi connectivity index (χ2n) is 4.10. The quantitative estimate of drug-likeness (QED) is 0.749. The summed E-state index contributed by atoms with van der Waals surface area (Å²) in [6.07, 6.45) is 0.689. The normalized spacial score (nSPS) is 17.4. The number of nitrogens with two attached hydrogens (primary N) is 1. The first kappa shape index (κ1) is 13.6. The van der Waals surface area contributed by atoms with Gasteiger partial charge in [-0.3, -0.25) is 9.59 Å². The minimum atomic E-state index is -1.23. The van der Waals surface area contributed by atoms with Gasteiger partial charge in [-0.25, -0.2) is 4.79 Å². The van der Waals surface area contributed by atoms with Gasteiger partial charge in [0, 0.05) is 12.2 Å². The average molecular weight is 276 g/mol. The molecule has 0 aliphatic carbocycles. The molecule has 0 aromatic heterocycles. The van der Waals surface area contributed by atoms with Gasteiger partial charge in [-0.15, -0.1) is 0 Å². The van der Waals surface area contributed by atoms with Crippen molar-refractivity contribution in [2.24, 2.45) is 5.73 Å². The van der Waals surface area contributed by atoms with E-state index < -0.39 is 23.9 Å². The van der Waals surface area contributed by atoms with Crippen LogP contribution in [0.15, 0.2) is 36.4 Å².